The van der Waals surface area contributed by atoms with Crippen LogP contribution in [0.15, 0.2) is 39.5 Å². The molecule has 0 aliphatic rings. The van der Waals surface area contributed by atoms with Crippen LogP contribution in [0.1, 0.15) is 5.82 Å². The maximum Gasteiger partial charge on any atom is 0.347 e. The molecule has 3 aromatic rings. The molecule has 2 aromatic heterocycles. The second kappa shape index (κ2) is 3.55. The second-order valence-corrected chi connectivity index (χ2v) is 3.73. The Hall–Kier alpha value is -2.43. The van der Waals surface area contributed by atoms with E-state index in [9.17, 15) is 4.79 Å². The van der Waals surface area contributed by atoms with Crippen LogP contribution in [0.25, 0.3) is 22.4 Å². The Kier molecular flexibility index (Phi) is 2.04. The Labute approximate surface area is 96.1 Å². The quantitative estimate of drug-likeness (QED) is 0.644. The Morgan fingerprint density at radius 2 is 2.12 bits per heavy atom. The third-order valence-corrected chi connectivity index (χ3v) is 2.48. The van der Waals surface area contributed by atoms with Gasteiger partial charge in [-0.25, -0.2) is 9.78 Å². The molecule has 0 aliphatic carbocycles. The highest BCUT2D eigenvalue weighted by Crippen LogP contribution is 2.17. The fourth-order valence-corrected chi connectivity index (χ4v) is 1.68. The Bertz CT molecular complexity index is 743. The van der Waals surface area contributed by atoms with Crippen LogP contribution in [-0.4, -0.2) is 15.2 Å². The number of rotatable bonds is 1. The predicted molar refractivity (Wildman–Crippen MR) is 62.6 cm³/mol. The van der Waals surface area contributed by atoms with E-state index in [0.29, 0.717) is 22.8 Å². The van der Waals surface area contributed by atoms with Gasteiger partial charge in [-0.2, -0.15) is 5.10 Å². The van der Waals surface area contributed by atoms with E-state index in [1.54, 1.807) is 19.1 Å². The number of aromatic nitrogens is 3. The molecular weight excluding hydrogens is 218 g/mol. The zero-order chi connectivity index (χ0) is 11.8. The van der Waals surface area contributed by atoms with Gasteiger partial charge in [-0.1, -0.05) is 18.2 Å². The van der Waals surface area contributed by atoms with E-state index in [4.69, 9.17) is 4.42 Å². The zero-order valence-corrected chi connectivity index (χ0v) is 9.10. The average molecular weight is 227 g/mol. The minimum Gasteiger partial charge on any atom is -0.422 e. The van der Waals surface area contributed by atoms with Crippen molar-refractivity contribution in [3.63, 3.8) is 0 Å². The van der Waals surface area contributed by atoms with Crippen LogP contribution in [0.2, 0.25) is 0 Å². The first kappa shape index (κ1) is 9.77. The molecule has 0 amide bonds. The predicted octanol–water partition coefficient (Wildman–Crippen LogP) is 1.89. The van der Waals surface area contributed by atoms with Crippen molar-refractivity contribution in [2.24, 2.45) is 0 Å². The molecule has 5 heteroatoms. The van der Waals surface area contributed by atoms with Crippen molar-refractivity contribution in [1.29, 1.82) is 0 Å². The minimum atomic E-state index is -0.428. The van der Waals surface area contributed by atoms with Crippen molar-refractivity contribution in [1.82, 2.24) is 15.2 Å². The van der Waals surface area contributed by atoms with E-state index in [2.05, 4.69) is 15.2 Å². The molecule has 0 atom stereocenters. The molecule has 0 saturated carbocycles. The first-order valence-electron chi connectivity index (χ1n) is 5.16. The number of nitrogens with zero attached hydrogens (tertiary/aromatic N) is 2. The average Bonchev–Trinajstić information content (AvgIpc) is 2.75. The van der Waals surface area contributed by atoms with Gasteiger partial charge in [0.05, 0.1) is 0 Å². The van der Waals surface area contributed by atoms with Crippen molar-refractivity contribution in [3.05, 3.63) is 46.6 Å². The first-order chi connectivity index (χ1) is 8.24. The molecule has 1 N–H and O–H groups in total. The molecule has 0 radical (unpaired) electrons. The number of aromatic amines is 1. The standard InChI is InChI=1S/C12H9N3O2/c1-7-13-11(15-14-7)9-6-8-4-2-3-5-10(8)17-12(9)16/h2-6H,1H3,(H,13,14,15). The number of aryl methyl sites for hydroxylation is 1. The monoisotopic (exact) mass is 227 g/mol. The second-order valence-electron chi connectivity index (χ2n) is 3.73. The van der Waals surface area contributed by atoms with Crippen molar-refractivity contribution >= 4 is 11.0 Å². The smallest absolute Gasteiger partial charge is 0.347 e. The topological polar surface area (TPSA) is 71.8 Å². The molecule has 0 bridgehead atoms. The SMILES string of the molecule is Cc1nc(-c2cc3ccccc3oc2=O)n[nH]1. The molecule has 0 spiro atoms. The van der Waals surface area contributed by atoms with Gasteiger partial charge >= 0.3 is 5.63 Å². The fraction of sp³-hybridized carbons (Fsp3) is 0.0833. The van der Waals surface area contributed by atoms with Gasteiger partial charge < -0.3 is 4.42 Å². The highest BCUT2D eigenvalue weighted by Gasteiger charge is 2.11. The third-order valence-electron chi connectivity index (χ3n) is 2.48. The summed E-state index contributed by atoms with van der Waals surface area (Å²) in [5, 5.41) is 7.51. The normalized spacial score (nSPS) is 10.9. The minimum absolute atomic E-state index is 0.363. The maximum absolute atomic E-state index is 11.8. The van der Waals surface area contributed by atoms with Gasteiger partial charge in [-0.15, -0.1) is 0 Å². The maximum atomic E-state index is 11.8. The number of H-pyrrole nitrogens is 1. The van der Waals surface area contributed by atoms with Crippen molar-refractivity contribution in [2.45, 2.75) is 6.92 Å². The first-order valence-corrected chi connectivity index (χ1v) is 5.16. The van der Waals surface area contributed by atoms with Crippen LogP contribution in [0, 0.1) is 6.92 Å². The van der Waals surface area contributed by atoms with Crippen LogP contribution in [0.3, 0.4) is 0 Å². The Morgan fingerprint density at radius 3 is 2.88 bits per heavy atom. The van der Waals surface area contributed by atoms with E-state index >= 15 is 0 Å². The molecule has 0 aliphatic heterocycles. The summed E-state index contributed by atoms with van der Waals surface area (Å²) in [5.41, 5.74) is 0.504. The van der Waals surface area contributed by atoms with E-state index in [1.807, 2.05) is 18.2 Å². The summed E-state index contributed by atoms with van der Waals surface area (Å²) < 4.78 is 5.21. The number of hydrogen-bond acceptors (Lipinski definition) is 4. The molecule has 2 heterocycles. The third kappa shape index (κ3) is 1.61. The summed E-state index contributed by atoms with van der Waals surface area (Å²) in [5.74, 6) is 1.02. The van der Waals surface area contributed by atoms with Crippen molar-refractivity contribution in [2.75, 3.05) is 0 Å². The van der Waals surface area contributed by atoms with E-state index < -0.39 is 5.63 Å². The van der Waals surface area contributed by atoms with Gasteiger partial charge in [0.25, 0.3) is 0 Å². The number of benzene rings is 1. The zero-order valence-electron chi connectivity index (χ0n) is 9.10. The summed E-state index contributed by atoms with van der Waals surface area (Å²) in [6, 6.07) is 9.08. The molecule has 84 valence electrons. The van der Waals surface area contributed by atoms with E-state index in [-0.39, 0.29) is 0 Å². The molecule has 17 heavy (non-hydrogen) atoms. The molecular formula is C12H9N3O2. The Balaban J connectivity index is 2.30. The number of para-hydroxylation sites is 1. The van der Waals surface area contributed by atoms with Gasteiger partial charge in [0.15, 0.2) is 5.82 Å². The van der Waals surface area contributed by atoms with Gasteiger partial charge in [0.1, 0.15) is 17.0 Å². The number of nitrogens with one attached hydrogen (secondary N) is 1. The Morgan fingerprint density at radius 1 is 1.29 bits per heavy atom. The summed E-state index contributed by atoms with van der Waals surface area (Å²) in [7, 11) is 0. The summed E-state index contributed by atoms with van der Waals surface area (Å²) in [6.07, 6.45) is 0. The highest BCUT2D eigenvalue weighted by atomic mass is 16.4. The fourth-order valence-electron chi connectivity index (χ4n) is 1.68. The molecule has 0 fully saturated rings. The van der Waals surface area contributed by atoms with Gasteiger partial charge in [0, 0.05) is 5.39 Å². The van der Waals surface area contributed by atoms with Crippen LogP contribution in [-0.2, 0) is 0 Å². The summed E-state index contributed by atoms with van der Waals surface area (Å²) in [4.78, 5) is 15.9. The molecule has 0 saturated heterocycles. The van der Waals surface area contributed by atoms with Crippen LogP contribution < -0.4 is 5.63 Å². The number of hydrogen-bond donors (Lipinski definition) is 1. The largest absolute Gasteiger partial charge is 0.422 e. The van der Waals surface area contributed by atoms with Crippen LogP contribution in [0.5, 0.6) is 0 Å². The van der Waals surface area contributed by atoms with E-state index in [1.165, 1.54) is 0 Å². The van der Waals surface area contributed by atoms with Gasteiger partial charge in [-0.05, 0) is 19.1 Å². The van der Waals surface area contributed by atoms with Crippen LogP contribution in [0.4, 0.5) is 0 Å². The van der Waals surface area contributed by atoms with Crippen LogP contribution >= 0.6 is 0 Å². The summed E-state index contributed by atoms with van der Waals surface area (Å²) in [6.45, 7) is 1.78. The molecule has 0 unspecified atom stereocenters. The van der Waals surface area contributed by atoms with Crippen molar-refractivity contribution < 1.29 is 4.42 Å². The molecule has 3 rings (SSSR count). The lowest BCUT2D eigenvalue weighted by molar-refractivity contribution is 0.563. The molecule has 5 nitrogen and oxygen atoms in total. The highest BCUT2D eigenvalue weighted by molar-refractivity contribution is 5.80. The number of fused-ring (bicyclic) bond motifs is 1. The van der Waals surface area contributed by atoms with E-state index in [0.717, 1.165) is 5.39 Å². The van der Waals surface area contributed by atoms with Crippen molar-refractivity contribution in [3.8, 4) is 11.4 Å². The molecule has 1 aromatic carbocycles. The lowest BCUT2D eigenvalue weighted by atomic mass is 10.2. The lowest BCUT2D eigenvalue weighted by Crippen LogP contribution is -2.03. The van der Waals surface area contributed by atoms with Gasteiger partial charge in [-0.3, -0.25) is 5.10 Å². The summed E-state index contributed by atoms with van der Waals surface area (Å²) >= 11 is 0. The lowest BCUT2D eigenvalue weighted by Gasteiger charge is -1.97. The van der Waals surface area contributed by atoms with Gasteiger partial charge in [0.2, 0.25) is 0 Å².